The number of carbonyl (C=O) groups excluding carboxylic acids is 1. The third-order valence-corrected chi connectivity index (χ3v) is 4.35. The van der Waals surface area contributed by atoms with Crippen LogP contribution in [0, 0.1) is 0 Å². The van der Waals surface area contributed by atoms with Gasteiger partial charge < -0.3 is 18.6 Å². The van der Waals surface area contributed by atoms with Crippen LogP contribution in [0.4, 0.5) is 0 Å². The van der Waals surface area contributed by atoms with Crippen LogP contribution in [-0.4, -0.2) is 32.4 Å². The smallest absolute Gasteiger partial charge is 0.307 e. The van der Waals surface area contributed by atoms with Crippen molar-refractivity contribution in [3.05, 3.63) is 53.8 Å². The lowest BCUT2D eigenvalue weighted by Crippen LogP contribution is -2.16. The quantitative estimate of drug-likeness (QED) is 0.295. The molecule has 0 atom stereocenters. The molecule has 1 aromatic heterocycles. The number of unbranched alkanes of at least 4 members (excludes halogenated alkanes) is 1. The Labute approximate surface area is 175 Å². The van der Waals surface area contributed by atoms with E-state index in [2.05, 4.69) is 17.5 Å². The molecule has 2 aromatic carbocycles. The molecule has 0 fully saturated rings. The van der Waals surface area contributed by atoms with E-state index < -0.39 is 5.91 Å². The van der Waals surface area contributed by atoms with Gasteiger partial charge in [0, 0.05) is 5.39 Å². The summed E-state index contributed by atoms with van der Waals surface area (Å²) >= 11 is 0. The number of methoxy groups -OCH3 is 1. The molecular weight excluding hydrogens is 384 g/mol. The largest absolute Gasteiger partial charge is 0.493 e. The highest BCUT2D eigenvalue weighted by Gasteiger charge is 2.14. The number of hydrogen-bond acceptors (Lipinski definition) is 6. The number of benzene rings is 2. The minimum Gasteiger partial charge on any atom is -0.493 e. The van der Waals surface area contributed by atoms with Crippen LogP contribution >= 0.6 is 0 Å². The molecule has 0 saturated heterocycles. The number of hydrogen-bond donors (Lipinski definition) is 1. The fourth-order valence-electron chi connectivity index (χ4n) is 2.85. The first-order valence-corrected chi connectivity index (χ1v) is 9.95. The van der Waals surface area contributed by atoms with E-state index in [9.17, 15) is 4.79 Å². The number of carbonyl (C=O) groups is 1. The van der Waals surface area contributed by atoms with E-state index in [1.807, 2.05) is 37.3 Å². The first-order valence-electron chi connectivity index (χ1n) is 9.95. The molecule has 0 aliphatic carbocycles. The highest BCUT2D eigenvalue weighted by molar-refractivity contribution is 5.97. The number of nitrogens with one attached hydrogen (secondary N) is 1. The van der Waals surface area contributed by atoms with Crippen molar-refractivity contribution in [3.63, 3.8) is 0 Å². The topological polar surface area (TPSA) is 82.3 Å². The van der Waals surface area contributed by atoms with Crippen LogP contribution in [-0.2, 0) is 0 Å². The monoisotopic (exact) mass is 410 g/mol. The SMILES string of the molecule is CCCCOc1ccc(/C=N\NC(=O)c2cc3cccc(OC)c3o2)cc1OCC. The maximum atomic E-state index is 12.4. The fourth-order valence-corrected chi connectivity index (χ4v) is 2.85. The normalized spacial score (nSPS) is 11.0. The van der Waals surface area contributed by atoms with Gasteiger partial charge in [-0.25, -0.2) is 5.43 Å². The molecule has 0 aliphatic heterocycles. The Morgan fingerprint density at radius 1 is 1.10 bits per heavy atom. The van der Waals surface area contributed by atoms with Crippen LogP contribution in [0.5, 0.6) is 17.2 Å². The Hall–Kier alpha value is -3.48. The standard InChI is InChI=1S/C23H26N2O5/c1-4-6-12-29-18-11-10-16(13-20(18)28-5-2)15-24-25-23(26)21-14-17-8-7-9-19(27-3)22(17)30-21/h7-11,13-15H,4-6,12H2,1-3H3,(H,25,26)/b24-15-. The van der Waals surface area contributed by atoms with Crippen LogP contribution < -0.4 is 19.6 Å². The van der Waals surface area contributed by atoms with Crippen molar-refractivity contribution in [2.24, 2.45) is 5.10 Å². The van der Waals surface area contributed by atoms with Gasteiger partial charge in [-0.15, -0.1) is 0 Å². The average Bonchev–Trinajstić information content (AvgIpc) is 3.20. The molecule has 7 nitrogen and oxygen atoms in total. The maximum Gasteiger partial charge on any atom is 0.307 e. The first kappa shape index (κ1) is 21.2. The van der Waals surface area contributed by atoms with Crippen molar-refractivity contribution < 1.29 is 23.4 Å². The minimum absolute atomic E-state index is 0.154. The number of furan rings is 1. The molecule has 7 heteroatoms. The Bertz CT molecular complexity index is 1030. The number of amides is 1. The number of rotatable bonds is 10. The van der Waals surface area contributed by atoms with Crippen LogP contribution in [0.2, 0.25) is 0 Å². The summed E-state index contributed by atoms with van der Waals surface area (Å²) in [7, 11) is 1.55. The predicted octanol–water partition coefficient (Wildman–Crippen LogP) is 4.78. The summed E-state index contributed by atoms with van der Waals surface area (Å²) in [5.74, 6) is 1.62. The number of hydrazone groups is 1. The van der Waals surface area contributed by atoms with Crippen molar-refractivity contribution in [3.8, 4) is 17.2 Å². The highest BCUT2D eigenvalue weighted by Crippen LogP contribution is 2.29. The summed E-state index contributed by atoms with van der Waals surface area (Å²) in [6.07, 6.45) is 3.58. The first-order chi connectivity index (χ1) is 14.7. The zero-order chi connectivity index (χ0) is 21.3. The summed E-state index contributed by atoms with van der Waals surface area (Å²) in [5.41, 5.74) is 3.77. The Balaban J connectivity index is 1.68. The Morgan fingerprint density at radius 3 is 2.73 bits per heavy atom. The molecule has 0 saturated carbocycles. The third kappa shape index (κ3) is 5.11. The van der Waals surface area contributed by atoms with Gasteiger partial charge in [0.1, 0.15) is 0 Å². The van der Waals surface area contributed by atoms with Gasteiger partial charge in [-0.05, 0) is 49.2 Å². The van der Waals surface area contributed by atoms with Gasteiger partial charge in [-0.1, -0.05) is 25.5 Å². The van der Waals surface area contributed by atoms with Gasteiger partial charge in [-0.3, -0.25) is 4.79 Å². The molecule has 3 rings (SSSR count). The Kier molecular flexibility index (Phi) is 7.32. The van der Waals surface area contributed by atoms with Gasteiger partial charge in [-0.2, -0.15) is 5.10 Å². The fraction of sp³-hybridized carbons (Fsp3) is 0.304. The molecule has 1 heterocycles. The summed E-state index contributed by atoms with van der Waals surface area (Å²) < 4.78 is 22.3. The van der Waals surface area contributed by atoms with Gasteiger partial charge in [0.25, 0.3) is 0 Å². The average molecular weight is 410 g/mol. The maximum absolute atomic E-state index is 12.4. The van der Waals surface area contributed by atoms with Gasteiger partial charge in [0.15, 0.2) is 28.6 Å². The predicted molar refractivity (Wildman–Crippen MR) is 116 cm³/mol. The van der Waals surface area contributed by atoms with Crippen LogP contribution in [0.25, 0.3) is 11.0 Å². The lowest BCUT2D eigenvalue weighted by atomic mass is 10.2. The number of nitrogens with zero attached hydrogens (tertiary/aromatic N) is 1. The van der Waals surface area contributed by atoms with Gasteiger partial charge in [0.05, 0.1) is 26.5 Å². The molecule has 0 spiro atoms. The lowest BCUT2D eigenvalue weighted by Gasteiger charge is -2.12. The van der Waals surface area contributed by atoms with Crippen molar-refractivity contribution in [2.45, 2.75) is 26.7 Å². The molecule has 1 amide bonds. The molecule has 158 valence electrons. The number of ether oxygens (including phenoxy) is 3. The van der Waals surface area contributed by atoms with Crippen LogP contribution in [0.3, 0.4) is 0 Å². The molecule has 1 N–H and O–H groups in total. The van der Waals surface area contributed by atoms with Crippen molar-refractivity contribution in [2.75, 3.05) is 20.3 Å². The van der Waals surface area contributed by atoms with Gasteiger partial charge >= 0.3 is 5.91 Å². The molecule has 0 radical (unpaired) electrons. The second kappa shape index (κ2) is 10.3. The zero-order valence-electron chi connectivity index (χ0n) is 17.4. The second-order valence-corrected chi connectivity index (χ2v) is 6.53. The van der Waals surface area contributed by atoms with E-state index in [0.717, 1.165) is 23.8 Å². The zero-order valence-corrected chi connectivity index (χ0v) is 17.4. The summed E-state index contributed by atoms with van der Waals surface area (Å²) in [6.45, 7) is 5.20. The van der Waals surface area contributed by atoms with E-state index in [1.165, 1.54) is 0 Å². The number of para-hydroxylation sites is 1. The van der Waals surface area contributed by atoms with E-state index in [0.29, 0.717) is 36.0 Å². The van der Waals surface area contributed by atoms with E-state index in [4.69, 9.17) is 18.6 Å². The van der Waals surface area contributed by atoms with Crippen LogP contribution in [0.15, 0.2) is 52.0 Å². The highest BCUT2D eigenvalue weighted by atomic mass is 16.5. The van der Waals surface area contributed by atoms with E-state index in [-0.39, 0.29) is 5.76 Å². The molecule has 3 aromatic rings. The molecule has 0 bridgehead atoms. The van der Waals surface area contributed by atoms with E-state index in [1.54, 1.807) is 25.5 Å². The molecule has 30 heavy (non-hydrogen) atoms. The van der Waals surface area contributed by atoms with Crippen LogP contribution in [0.1, 0.15) is 42.8 Å². The molecule has 0 unspecified atom stereocenters. The van der Waals surface area contributed by atoms with Crippen molar-refractivity contribution in [1.29, 1.82) is 0 Å². The summed E-state index contributed by atoms with van der Waals surface area (Å²) in [6, 6.07) is 12.6. The van der Waals surface area contributed by atoms with Crippen molar-refractivity contribution >= 4 is 23.1 Å². The summed E-state index contributed by atoms with van der Waals surface area (Å²) in [4.78, 5) is 12.4. The minimum atomic E-state index is -0.450. The third-order valence-electron chi connectivity index (χ3n) is 4.35. The van der Waals surface area contributed by atoms with Crippen molar-refractivity contribution in [1.82, 2.24) is 5.43 Å². The van der Waals surface area contributed by atoms with E-state index >= 15 is 0 Å². The summed E-state index contributed by atoms with van der Waals surface area (Å²) in [5, 5.41) is 4.81. The Morgan fingerprint density at radius 2 is 1.97 bits per heavy atom. The number of fused-ring (bicyclic) bond motifs is 1. The second-order valence-electron chi connectivity index (χ2n) is 6.53. The molecule has 0 aliphatic rings. The lowest BCUT2D eigenvalue weighted by molar-refractivity contribution is 0.0929. The molecular formula is C23H26N2O5. The van der Waals surface area contributed by atoms with Gasteiger partial charge in [0.2, 0.25) is 0 Å².